The van der Waals surface area contributed by atoms with Crippen LogP contribution in [-0.2, 0) is 0 Å². The normalized spacial score (nSPS) is 11.9. The molecule has 0 aromatic rings. The van der Waals surface area contributed by atoms with Gasteiger partial charge in [0.25, 0.3) is 0 Å². The standard InChI is InChI=1S/C11H22N2.ClH/c1-4-5-6-8-11(2)13(3)10-7-9-12;/h11H,4-8,10H2,1-3H3;1H/t11-;/m1./s1. The van der Waals surface area contributed by atoms with Gasteiger partial charge in [-0.3, -0.25) is 0 Å². The van der Waals surface area contributed by atoms with Crippen molar-refractivity contribution in [3.05, 3.63) is 0 Å². The van der Waals surface area contributed by atoms with Gasteiger partial charge in [0.15, 0.2) is 0 Å². The molecule has 0 aromatic carbocycles. The molecule has 0 aliphatic carbocycles. The Morgan fingerprint density at radius 2 is 2.00 bits per heavy atom. The number of hydrogen-bond donors (Lipinski definition) is 0. The summed E-state index contributed by atoms with van der Waals surface area (Å²) in [5, 5.41) is 8.43. The summed E-state index contributed by atoms with van der Waals surface area (Å²) in [6, 6.07) is 2.80. The van der Waals surface area contributed by atoms with Crippen molar-refractivity contribution in [2.75, 3.05) is 13.6 Å². The molecule has 14 heavy (non-hydrogen) atoms. The van der Waals surface area contributed by atoms with E-state index in [0.717, 1.165) is 6.54 Å². The van der Waals surface area contributed by atoms with Crippen molar-refractivity contribution in [3.8, 4) is 6.07 Å². The molecule has 0 amide bonds. The van der Waals surface area contributed by atoms with Crippen molar-refractivity contribution in [3.63, 3.8) is 0 Å². The van der Waals surface area contributed by atoms with Crippen LogP contribution in [0.2, 0.25) is 0 Å². The predicted octanol–water partition coefficient (Wildman–Crippen LogP) is 3.22. The van der Waals surface area contributed by atoms with Gasteiger partial charge in [-0.05, 0) is 20.4 Å². The van der Waals surface area contributed by atoms with E-state index in [2.05, 4.69) is 31.9 Å². The summed E-state index contributed by atoms with van der Waals surface area (Å²) < 4.78 is 0. The summed E-state index contributed by atoms with van der Waals surface area (Å²) in [7, 11) is 2.11. The Labute approximate surface area is 94.7 Å². The van der Waals surface area contributed by atoms with E-state index in [1.807, 2.05) is 0 Å². The van der Waals surface area contributed by atoms with Crippen LogP contribution in [-0.4, -0.2) is 24.5 Å². The molecule has 0 saturated carbocycles. The highest BCUT2D eigenvalue weighted by Gasteiger charge is 2.07. The first-order valence-corrected chi connectivity index (χ1v) is 5.29. The van der Waals surface area contributed by atoms with Crippen molar-refractivity contribution in [1.29, 1.82) is 5.26 Å². The molecule has 3 heteroatoms. The minimum absolute atomic E-state index is 0. The topological polar surface area (TPSA) is 27.0 Å². The number of nitriles is 1. The van der Waals surface area contributed by atoms with Gasteiger partial charge < -0.3 is 4.90 Å². The minimum Gasteiger partial charge on any atom is -0.303 e. The molecule has 0 aliphatic heterocycles. The number of unbranched alkanes of at least 4 members (excludes halogenated alkanes) is 2. The van der Waals surface area contributed by atoms with Crippen LogP contribution in [0, 0.1) is 11.3 Å². The molecular formula is C11H23ClN2. The van der Waals surface area contributed by atoms with Crippen molar-refractivity contribution >= 4 is 12.4 Å². The second-order valence-electron chi connectivity index (χ2n) is 3.73. The van der Waals surface area contributed by atoms with Crippen molar-refractivity contribution in [2.45, 2.75) is 52.0 Å². The van der Waals surface area contributed by atoms with E-state index >= 15 is 0 Å². The molecule has 0 saturated heterocycles. The summed E-state index contributed by atoms with van der Waals surface area (Å²) >= 11 is 0. The van der Waals surface area contributed by atoms with E-state index in [-0.39, 0.29) is 12.4 Å². The van der Waals surface area contributed by atoms with E-state index in [4.69, 9.17) is 5.26 Å². The third-order valence-corrected chi connectivity index (χ3v) is 2.55. The summed E-state index contributed by atoms with van der Waals surface area (Å²) in [6.07, 6.45) is 5.84. The first kappa shape index (κ1) is 16.2. The Morgan fingerprint density at radius 1 is 1.36 bits per heavy atom. The number of halogens is 1. The van der Waals surface area contributed by atoms with Gasteiger partial charge in [-0.25, -0.2) is 0 Å². The highest BCUT2D eigenvalue weighted by atomic mass is 35.5. The zero-order valence-corrected chi connectivity index (χ0v) is 10.4. The SMILES string of the molecule is CCCCC[C@@H](C)N(C)CCC#N.Cl. The first-order chi connectivity index (χ1) is 6.22. The van der Waals surface area contributed by atoms with Crippen LogP contribution in [0.3, 0.4) is 0 Å². The predicted molar refractivity (Wildman–Crippen MR) is 63.7 cm³/mol. The summed E-state index contributed by atoms with van der Waals surface area (Å²) in [4.78, 5) is 2.28. The maximum absolute atomic E-state index is 8.43. The smallest absolute Gasteiger partial charge is 0.0635 e. The lowest BCUT2D eigenvalue weighted by Gasteiger charge is -2.23. The van der Waals surface area contributed by atoms with Gasteiger partial charge in [0.1, 0.15) is 0 Å². The highest BCUT2D eigenvalue weighted by molar-refractivity contribution is 5.85. The molecule has 0 bridgehead atoms. The van der Waals surface area contributed by atoms with E-state index in [1.165, 1.54) is 25.7 Å². The molecule has 1 atom stereocenters. The molecule has 84 valence electrons. The fourth-order valence-corrected chi connectivity index (χ4v) is 1.36. The maximum Gasteiger partial charge on any atom is 0.0635 e. The van der Waals surface area contributed by atoms with Gasteiger partial charge in [0.05, 0.1) is 6.07 Å². The lowest BCUT2D eigenvalue weighted by Crippen LogP contribution is -2.29. The third-order valence-electron chi connectivity index (χ3n) is 2.55. The second-order valence-corrected chi connectivity index (χ2v) is 3.73. The Balaban J connectivity index is 0. The van der Waals surface area contributed by atoms with Gasteiger partial charge >= 0.3 is 0 Å². The van der Waals surface area contributed by atoms with Crippen LogP contribution in [0.25, 0.3) is 0 Å². The monoisotopic (exact) mass is 218 g/mol. The average molecular weight is 219 g/mol. The molecule has 2 nitrogen and oxygen atoms in total. The van der Waals surface area contributed by atoms with Crippen molar-refractivity contribution in [1.82, 2.24) is 4.90 Å². The number of nitrogens with zero attached hydrogens (tertiary/aromatic N) is 2. The van der Waals surface area contributed by atoms with Gasteiger partial charge in [-0.1, -0.05) is 26.2 Å². The molecule has 0 aliphatic rings. The minimum atomic E-state index is 0. The summed E-state index contributed by atoms with van der Waals surface area (Å²) in [5.41, 5.74) is 0. The fraction of sp³-hybridized carbons (Fsp3) is 0.909. The van der Waals surface area contributed by atoms with Crippen molar-refractivity contribution < 1.29 is 0 Å². The molecule has 0 aromatic heterocycles. The lowest BCUT2D eigenvalue weighted by molar-refractivity contribution is 0.247. The van der Waals surface area contributed by atoms with E-state index in [9.17, 15) is 0 Å². The van der Waals surface area contributed by atoms with Crippen LogP contribution in [0.1, 0.15) is 46.0 Å². The van der Waals surface area contributed by atoms with Gasteiger partial charge in [-0.2, -0.15) is 5.26 Å². The van der Waals surface area contributed by atoms with E-state index in [0.29, 0.717) is 12.5 Å². The molecule has 0 spiro atoms. The lowest BCUT2D eigenvalue weighted by atomic mass is 10.1. The van der Waals surface area contributed by atoms with Crippen LogP contribution in [0.4, 0.5) is 0 Å². The fourth-order valence-electron chi connectivity index (χ4n) is 1.36. The molecule has 0 heterocycles. The Kier molecular flexibility index (Phi) is 12.5. The largest absolute Gasteiger partial charge is 0.303 e. The Hall–Kier alpha value is -0.260. The van der Waals surface area contributed by atoms with Gasteiger partial charge in [0, 0.05) is 19.0 Å². The van der Waals surface area contributed by atoms with Crippen LogP contribution in [0.15, 0.2) is 0 Å². The molecule has 0 fully saturated rings. The first-order valence-electron chi connectivity index (χ1n) is 5.29. The maximum atomic E-state index is 8.43. The van der Waals surface area contributed by atoms with E-state index < -0.39 is 0 Å². The number of rotatable bonds is 7. The molecule has 0 unspecified atom stereocenters. The zero-order chi connectivity index (χ0) is 10.1. The molecule has 0 rings (SSSR count). The Bertz CT molecular complexity index is 154. The quantitative estimate of drug-likeness (QED) is 0.614. The Morgan fingerprint density at radius 3 is 2.50 bits per heavy atom. The number of hydrogen-bond acceptors (Lipinski definition) is 2. The summed E-state index contributed by atoms with van der Waals surface area (Å²) in [5.74, 6) is 0. The van der Waals surface area contributed by atoms with Crippen LogP contribution < -0.4 is 0 Å². The third kappa shape index (κ3) is 8.34. The zero-order valence-electron chi connectivity index (χ0n) is 9.62. The highest BCUT2D eigenvalue weighted by Crippen LogP contribution is 2.08. The molecule has 0 N–H and O–H groups in total. The van der Waals surface area contributed by atoms with Gasteiger partial charge in [-0.15, -0.1) is 12.4 Å². The second kappa shape index (κ2) is 10.8. The average Bonchev–Trinajstić information content (AvgIpc) is 2.14. The van der Waals surface area contributed by atoms with E-state index in [1.54, 1.807) is 0 Å². The van der Waals surface area contributed by atoms with Crippen LogP contribution in [0.5, 0.6) is 0 Å². The van der Waals surface area contributed by atoms with Gasteiger partial charge in [0.2, 0.25) is 0 Å². The van der Waals surface area contributed by atoms with Crippen LogP contribution >= 0.6 is 12.4 Å². The molecule has 0 radical (unpaired) electrons. The molecular weight excluding hydrogens is 196 g/mol. The van der Waals surface area contributed by atoms with Crippen molar-refractivity contribution in [2.24, 2.45) is 0 Å². The summed E-state index contributed by atoms with van der Waals surface area (Å²) in [6.45, 7) is 5.38.